The topological polar surface area (TPSA) is 58.8 Å². The van der Waals surface area contributed by atoms with Crippen molar-refractivity contribution in [2.75, 3.05) is 32.7 Å². The molecule has 0 spiro atoms. The lowest BCUT2D eigenvalue weighted by Gasteiger charge is -2.40. The highest BCUT2D eigenvalue weighted by Gasteiger charge is 2.30. The van der Waals surface area contributed by atoms with Crippen LogP contribution in [-0.2, 0) is 9.53 Å². The summed E-state index contributed by atoms with van der Waals surface area (Å²) in [6.07, 6.45) is 3.80. The third-order valence-electron chi connectivity index (χ3n) is 5.48. The molecule has 23 heavy (non-hydrogen) atoms. The summed E-state index contributed by atoms with van der Waals surface area (Å²) < 4.78 is 5.80. The lowest BCUT2D eigenvalue weighted by atomic mass is 9.93. The number of carbonyl (C=O) groups is 1. The van der Waals surface area contributed by atoms with Gasteiger partial charge < -0.3 is 15.4 Å². The summed E-state index contributed by atoms with van der Waals surface area (Å²) in [5, 5.41) is 0. The van der Waals surface area contributed by atoms with Crippen LogP contribution in [0.5, 0.6) is 0 Å². The molecule has 0 aromatic heterocycles. The van der Waals surface area contributed by atoms with Crippen molar-refractivity contribution < 1.29 is 9.53 Å². The van der Waals surface area contributed by atoms with Crippen molar-refractivity contribution >= 4 is 5.91 Å². The zero-order valence-corrected chi connectivity index (χ0v) is 15.3. The summed E-state index contributed by atoms with van der Waals surface area (Å²) in [7, 11) is 0. The number of ether oxygens (including phenoxy) is 1. The average molecular weight is 325 g/mol. The summed E-state index contributed by atoms with van der Waals surface area (Å²) in [5.74, 6) is 1.10. The van der Waals surface area contributed by atoms with Gasteiger partial charge in [-0.05, 0) is 38.5 Å². The Bertz CT molecular complexity index is 372. The van der Waals surface area contributed by atoms with E-state index in [1.807, 2.05) is 4.90 Å². The smallest absolute Gasteiger partial charge is 0.239 e. The Hall–Kier alpha value is -0.650. The van der Waals surface area contributed by atoms with Crippen LogP contribution in [0.15, 0.2) is 0 Å². The van der Waals surface area contributed by atoms with Crippen molar-refractivity contribution in [1.82, 2.24) is 9.80 Å². The van der Waals surface area contributed by atoms with Crippen molar-refractivity contribution in [1.29, 1.82) is 0 Å². The van der Waals surface area contributed by atoms with E-state index in [0.717, 1.165) is 52.0 Å². The number of hydrogen-bond acceptors (Lipinski definition) is 4. The minimum Gasteiger partial charge on any atom is -0.373 e. The van der Waals surface area contributed by atoms with Crippen molar-refractivity contribution in [3.05, 3.63) is 0 Å². The Morgan fingerprint density at radius 2 is 1.78 bits per heavy atom. The van der Waals surface area contributed by atoms with Crippen LogP contribution in [0.4, 0.5) is 0 Å². The van der Waals surface area contributed by atoms with E-state index in [-0.39, 0.29) is 17.9 Å². The van der Waals surface area contributed by atoms with Crippen LogP contribution < -0.4 is 5.73 Å². The van der Waals surface area contributed by atoms with Gasteiger partial charge in [0.2, 0.25) is 5.91 Å². The molecule has 0 bridgehead atoms. The van der Waals surface area contributed by atoms with Crippen LogP contribution in [-0.4, -0.2) is 66.7 Å². The highest BCUT2D eigenvalue weighted by Crippen LogP contribution is 2.22. The number of amides is 1. The maximum absolute atomic E-state index is 12.5. The van der Waals surface area contributed by atoms with E-state index < -0.39 is 0 Å². The van der Waals surface area contributed by atoms with Crippen molar-refractivity contribution in [3.8, 4) is 0 Å². The summed E-state index contributed by atoms with van der Waals surface area (Å²) in [4.78, 5) is 17.0. The molecule has 2 heterocycles. The molecule has 0 aromatic carbocycles. The molecule has 2 aliphatic rings. The van der Waals surface area contributed by atoms with Gasteiger partial charge in [-0.2, -0.15) is 0 Å². The predicted molar refractivity (Wildman–Crippen MR) is 93.2 cm³/mol. The molecule has 0 radical (unpaired) electrons. The first-order valence-corrected chi connectivity index (χ1v) is 9.32. The van der Waals surface area contributed by atoms with Gasteiger partial charge in [-0.15, -0.1) is 0 Å². The van der Waals surface area contributed by atoms with E-state index in [4.69, 9.17) is 10.5 Å². The number of nitrogens with zero attached hydrogens (tertiary/aromatic N) is 2. The standard InChI is InChI=1S/C18H35N3O2/c1-5-13(2)17(19)18(22)21-8-6-16(7-9-21)12-20-10-14(3)23-15(4)11-20/h13-17H,5-12,19H2,1-4H3. The molecule has 2 N–H and O–H groups in total. The minimum absolute atomic E-state index is 0.145. The minimum atomic E-state index is -0.336. The molecule has 4 atom stereocenters. The molecule has 2 saturated heterocycles. The zero-order valence-electron chi connectivity index (χ0n) is 15.3. The molecule has 1 amide bonds. The van der Waals surface area contributed by atoms with E-state index in [1.165, 1.54) is 0 Å². The van der Waals surface area contributed by atoms with Crippen LogP contribution >= 0.6 is 0 Å². The van der Waals surface area contributed by atoms with Gasteiger partial charge in [-0.3, -0.25) is 9.69 Å². The summed E-state index contributed by atoms with van der Waals surface area (Å²) in [5.41, 5.74) is 6.10. The third-order valence-corrected chi connectivity index (χ3v) is 5.48. The molecule has 134 valence electrons. The second kappa shape index (κ2) is 8.45. The number of morpholine rings is 1. The molecular formula is C18H35N3O2. The Balaban J connectivity index is 1.76. The molecular weight excluding hydrogens is 290 g/mol. The lowest BCUT2D eigenvalue weighted by Crippen LogP contribution is -2.51. The van der Waals surface area contributed by atoms with E-state index in [9.17, 15) is 4.79 Å². The molecule has 2 aliphatic heterocycles. The number of hydrogen-bond donors (Lipinski definition) is 1. The first-order chi connectivity index (χ1) is 10.9. The molecule has 4 unspecified atom stereocenters. The Labute approximate surface area is 141 Å². The molecule has 2 rings (SSSR count). The van der Waals surface area contributed by atoms with Crippen LogP contribution in [0.25, 0.3) is 0 Å². The number of carbonyl (C=O) groups excluding carboxylic acids is 1. The average Bonchev–Trinajstić information content (AvgIpc) is 2.52. The molecule has 0 aliphatic carbocycles. The Morgan fingerprint density at radius 1 is 1.22 bits per heavy atom. The van der Waals surface area contributed by atoms with Crippen molar-refractivity contribution in [2.24, 2.45) is 17.6 Å². The highest BCUT2D eigenvalue weighted by atomic mass is 16.5. The van der Waals surface area contributed by atoms with Gasteiger partial charge in [0, 0.05) is 32.7 Å². The quantitative estimate of drug-likeness (QED) is 0.836. The SMILES string of the molecule is CCC(C)C(N)C(=O)N1CCC(CN2CC(C)OC(C)C2)CC1. The van der Waals surface area contributed by atoms with E-state index in [1.54, 1.807) is 0 Å². The monoisotopic (exact) mass is 325 g/mol. The van der Waals surface area contributed by atoms with E-state index >= 15 is 0 Å². The molecule has 2 fully saturated rings. The number of rotatable bonds is 5. The maximum Gasteiger partial charge on any atom is 0.239 e. The molecule has 5 heteroatoms. The van der Waals surface area contributed by atoms with Gasteiger partial charge in [0.15, 0.2) is 0 Å². The number of piperidine rings is 1. The predicted octanol–water partition coefficient (Wildman–Crippen LogP) is 1.71. The number of likely N-dealkylation sites (tertiary alicyclic amines) is 1. The fraction of sp³-hybridized carbons (Fsp3) is 0.944. The van der Waals surface area contributed by atoms with Crippen LogP contribution in [0.1, 0.15) is 47.0 Å². The second-order valence-corrected chi connectivity index (χ2v) is 7.66. The van der Waals surface area contributed by atoms with Gasteiger partial charge in [-0.1, -0.05) is 20.3 Å². The van der Waals surface area contributed by atoms with Gasteiger partial charge in [-0.25, -0.2) is 0 Å². The van der Waals surface area contributed by atoms with Crippen LogP contribution in [0.2, 0.25) is 0 Å². The highest BCUT2D eigenvalue weighted by molar-refractivity contribution is 5.82. The van der Waals surface area contributed by atoms with E-state index in [0.29, 0.717) is 18.1 Å². The van der Waals surface area contributed by atoms with Gasteiger partial charge in [0.1, 0.15) is 0 Å². The number of nitrogens with two attached hydrogens (primary N) is 1. The first-order valence-electron chi connectivity index (χ1n) is 9.32. The third kappa shape index (κ3) is 5.16. The summed E-state index contributed by atoms with van der Waals surface area (Å²) >= 11 is 0. The van der Waals surface area contributed by atoms with Gasteiger partial charge in [0.05, 0.1) is 18.2 Å². The Morgan fingerprint density at radius 3 is 2.30 bits per heavy atom. The second-order valence-electron chi connectivity index (χ2n) is 7.66. The lowest BCUT2D eigenvalue weighted by molar-refractivity contribution is -0.135. The van der Waals surface area contributed by atoms with E-state index in [2.05, 4.69) is 32.6 Å². The first kappa shape index (κ1) is 18.7. The van der Waals surface area contributed by atoms with Crippen molar-refractivity contribution in [3.63, 3.8) is 0 Å². The van der Waals surface area contributed by atoms with Gasteiger partial charge in [0.25, 0.3) is 0 Å². The fourth-order valence-electron chi connectivity index (χ4n) is 3.84. The largest absolute Gasteiger partial charge is 0.373 e. The van der Waals surface area contributed by atoms with Gasteiger partial charge >= 0.3 is 0 Å². The molecule has 5 nitrogen and oxygen atoms in total. The van der Waals surface area contributed by atoms with Crippen LogP contribution in [0.3, 0.4) is 0 Å². The Kier molecular flexibility index (Phi) is 6.86. The van der Waals surface area contributed by atoms with Crippen LogP contribution in [0, 0.1) is 11.8 Å². The molecule has 0 aromatic rings. The fourth-order valence-corrected chi connectivity index (χ4v) is 3.84. The maximum atomic E-state index is 12.5. The normalized spacial score (nSPS) is 30.2. The van der Waals surface area contributed by atoms with Crippen molar-refractivity contribution in [2.45, 2.75) is 65.2 Å². The zero-order chi connectivity index (χ0) is 17.0. The molecule has 0 saturated carbocycles. The summed E-state index contributed by atoms with van der Waals surface area (Å²) in [6, 6.07) is -0.336. The summed E-state index contributed by atoms with van der Waals surface area (Å²) in [6.45, 7) is 13.4.